The standard InChI is InChI=1S/C27H31F2N7O2/c1-15-10-35-13-18(7-21(29)25(35)32-15)33-24-23-20(28)8-19(9-22(23)30-14-31-24)34-11-16(2)36(17(3)12-34)26(37)38-27(4,5)6/h7-10,13-14,16-17H,11-12H2,1-6H3,(H,30,31,33)/t16-,17?/m1/s1. The molecule has 1 amide bonds. The first-order chi connectivity index (χ1) is 17.9. The lowest BCUT2D eigenvalue weighted by Crippen LogP contribution is -2.59. The van der Waals surface area contributed by atoms with Crippen LogP contribution in [0.3, 0.4) is 0 Å². The van der Waals surface area contributed by atoms with E-state index in [0.717, 1.165) is 0 Å². The van der Waals surface area contributed by atoms with E-state index in [1.54, 1.807) is 34.7 Å². The Morgan fingerprint density at radius 3 is 2.45 bits per heavy atom. The van der Waals surface area contributed by atoms with Crippen molar-refractivity contribution >= 4 is 39.8 Å². The molecule has 1 aromatic carbocycles. The zero-order valence-electron chi connectivity index (χ0n) is 22.3. The molecule has 0 aliphatic carbocycles. The number of fused-ring (bicyclic) bond motifs is 2. The Morgan fingerprint density at radius 1 is 1.05 bits per heavy atom. The number of anilines is 3. The summed E-state index contributed by atoms with van der Waals surface area (Å²) in [6.07, 6.45) is 4.37. The van der Waals surface area contributed by atoms with Gasteiger partial charge in [-0.05, 0) is 53.7 Å². The van der Waals surface area contributed by atoms with Gasteiger partial charge in [0, 0.05) is 37.2 Å². The predicted molar refractivity (Wildman–Crippen MR) is 142 cm³/mol. The van der Waals surface area contributed by atoms with Crippen molar-refractivity contribution in [2.45, 2.75) is 59.2 Å². The molecule has 4 aromatic rings. The lowest BCUT2D eigenvalue weighted by Gasteiger charge is -2.45. The van der Waals surface area contributed by atoms with Gasteiger partial charge in [-0.3, -0.25) is 4.90 Å². The largest absolute Gasteiger partial charge is 0.444 e. The second-order valence-electron chi connectivity index (χ2n) is 10.8. The first-order valence-electron chi connectivity index (χ1n) is 12.5. The van der Waals surface area contributed by atoms with E-state index in [-0.39, 0.29) is 35.0 Å². The monoisotopic (exact) mass is 523 g/mol. The average Bonchev–Trinajstić information content (AvgIpc) is 3.18. The van der Waals surface area contributed by atoms with Crippen LogP contribution in [0.25, 0.3) is 16.6 Å². The van der Waals surface area contributed by atoms with Crippen molar-refractivity contribution in [3.8, 4) is 0 Å². The summed E-state index contributed by atoms with van der Waals surface area (Å²) in [5.41, 5.74) is 1.78. The summed E-state index contributed by atoms with van der Waals surface area (Å²) in [7, 11) is 0. The normalized spacial score (nSPS) is 18.3. The number of hydrogen-bond acceptors (Lipinski definition) is 7. The number of piperazine rings is 1. The van der Waals surface area contributed by atoms with Crippen LogP contribution in [-0.4, -0.2) is 61.1 Å². The number of nitrogens with one attached hydrogen (secondary N) is 1. The van der Waals surface area contributed by atoms with Crippen molar-refractivity contribution in [2.24, 2.45) is 0 Å². The number of carbonyl (C=O) groups excluding carboxylic acids is 1. The smallest absolute Gasteiger partial charge is 0.410 e. The first-order valence-corrected chi connectivity index (χ1v) is 12.5. The number of pyridine rings is 1. The van der Waals surface area contributed by atoms with Gasteiger partial charge in [-0.25, -0.2) is 28.5 Å². The van der Waals surface area contributed by atoms with Gasteiger partial charge in [-0.2, -0.15) is 0 Å². The zero-order valence-corrected chi connectivity index (χ0v) is 22.3. The number of amides is 1. The van der Waals surface area contributed by atoms with E-state index < -0.39 is 17.2 Å². The fourth-order valence-corrected chi connectivity index (χ4v) is 5.00. The van der Waals surface area contributed by atoms with Crippen LogP contribution in [0.15, 0.2) is 36.9 Å². The molecule has 2 atom stereocenters. The topological polar surface area (TPSA) is 87.9 Å². The lowest BCUT2D eigenvalue weighted by molar-refractivity contribution is 0.00565. The van der Waals surface area contributed by atoms with E-state index in [1.165, 1.54) is 18.5 Å². The molecule has 0 radical (unpaired) electrons. The Balaban J connectivity index is 1.42. The number of nitrogens with zero attached hydrogens (tertiary/aromatic N) is 6. The summed E-state index contributed by atoms with van der Waals surface area (Å²) >= 11 is 0. The van der Waals surface area contributed by atoms with Gasteiger partial charge in [-0.15, -0.1) is 0 Å². The van der Waals surface area contributed by atoms with Crippen molar-refractivity contribution in [1.82, 2.24) is 24.3 Å². The molecule has 1 unspecified atom stereocenters. The Bertz CT molecular complexity index is 1520. The molecule has 200 valence electrons. The van der Waals surface area contributed by atoms with Gasteiger partial charge in [-0.1, -0.05) is 0 Å². The minimum Gasteiger partial charge on any atom is -0.444 e. The fourth-order valence-electron chi connectivity index (χ4n) is 5.00. The molecule has 11 heteroatoms. The number of aryl methyl sites for hydroxylation is 1. The Kier molecular flexibility index (Phi) is 6.32. The molecule has 1 fully saturated rings. The number of benzene rings is 1. The van der Waals surface area contributed by atoms with E-state index in [0.29, 0.717) is 35.7 Å². The summed E-state index contributed by atoms with van der Waals surface area (Å²) < 4.78 is 37.3. The predicted octanol–water partition coefficient (Wildman–Crippen LogP) is 5.44. The highest BCUT2D eigenvalue weighted by molar-refractivity contribution is 5.93. The van der Waals surface area contributed by atoms with Gasteiger partial charge in [0.05, 0.1) is 34.4 Å². The van der Waals surface area contributed by atoms with Crippen LogP contribution >= 0.6 is 0 Å². The van der Waals surface area contributed by atoms with E-state index >= 15 is 4.39 Å². The van der Waals surface area contributed by atoms with Crippen LogP contribution in [0, 0.1) is 18.6 Å². The van der Waals surface area contributed by atoms with Crippen LogP contribution < -0.4 is 10.2 Å². The van der Waals surface area contributed by atoms with Gasteiger partial charge in [0.1, 0.15) is 23.6 Å². The lowest BCUT2D eigenvalue weighted by atomic mass is 10.1. The highest BCUT2D eigenvalue weighted by atomic mass is 19.1. The minimum atomic E-state index is -0.587. The van der Waals surface area contributed by atoms with Crippen LogP contribution in [0.2, 0.25) is 0 Å². The Hall–Kier alpha value is -4.02. The number of hydrogen-bond donors (Lipinski definition) is 1. The summed E-state index contributed by atoms with van der Waals surface area (Å²) in [6, 6.07) is 4.26. The van der Waals surface area contributed by atoms with Crippen LogP contribution in [-0.2, 0) is 4.74 Å². The van der Waals surface area contributed by atoms with Crippen molar-refractivity contribution in [3.63, 3.8) is 0 Å². The van der Waals surface area contributed by atoms with E-state index in [1.807, 2.05) is 39.5 Å². The number of ether oxygens (including phenoxy) is 1. The average molecular weight is 524 g/mol. The highest BCUT2D eigenvalue weighted by Crippen LogP contribution is 2.32. The van der Waals surface area contributed by atoms with Crippen molar-refractivity contribution in [1.29, 1.82) is 0 Å². The molecule has 5 rings (SSSR count). The summed E-state index contributed by atoms with van der Waals surface area (Å²) in [5.74, 6) is -0.778. The number of aromatic nitrogens is 4. The van der Waals surface area contributed by atoms with Gasteiger partial charge < -0.3 is 19.4 Å². The maximum atomic E-state index is 15.6. The molecule has 1 aliphatic heterocycles. The second kappa shape index (κ2) is 9.38. The van der Waals surface area contributed by atoms with E-state index in [9.17, 15) is 9.18 Å². The molecular weight excluding hydrogens is 492 g/mol. The maximum Gasteiger partial charge on any atom is 0.410 e. The van der Waals surface area contributed by atoms with Crippen LogP contribution in [0.5, 0.6) is 0 Å². The summed E-state index contributed by atoms with van der Waals surface area (Å²) in [4.78, 5) is 29.2. The molecule has 0 spiro atoms. The second-order valence-corrected chi connectivity index (χ2v) is 10.8. The molecule has 1 saturated heterocycles. The zero-order chi connectivity index (χ0) is 27.4. The molecule has 0 bridgehead atoms. The third-order valence-corrected chi connectivity index (χ3v) is 6.45. The van der Waals surface area contributed by atoms with E-state index in [4.69, 9.17) is 4.74 Å². The van der Waals surface area contributed by atoms with Crippen LogP contribution in [0.1, 0.15) is 40.3 Å². The Labute approximate surface area is 219 Å². The quantitative estimate of drug-likeness (QED) is 0.383. The molecule has 3 aromatic heterocycles. The molecule has 1 N–H and O–H groups in total. The number of carbonyl (C=O) groups is 1. The third-order valence-electron chi connectivity index (χ3n) is 6.45. The molecule has 0 saturated carbocycles. The fraction of sp³-hybridized carbons (Fsp3) is 0.407. The first kappa shape index (κ1) is 25.6. The minimum absolute atomic E-state index is 0.147. The molecule has 1 aliphatic rings. The van der Waals surface area contributed by atoms with Gasteiger partial charge in [0.15, 0.2) is 11.5 Å². The van der Waals surface area contributed by atoms with Gasteiger partial charge in [0.2, 0.25) is 0 Å². The van der Waals surface area contributed by atoms with Crippen LogP contribution in [0.4, 0.5) is 30.8 Å². The number of rotatable bonds is 3. The third kappa shape index (κ3) is 4.92. The molecule has 9 nitrogen and oxygen atoms in total. The molecular formula is C27H31F2N7O2. The maximum absolute atomic E-state index is 15.6. The highest BCUT2D eigenvalue weighted by Gasteiger charge is 2.36. The summed E-state index contributed by atoms with van der Waals surface area (Å²) in [6.45, 7) is 12.2. The van der Waals surface area contributed by atoms with Crippen molar-refractivity contribution in [2.75, 3.05) is 23.3 Å². The van der Waals surface area contributed by atoms with Crippen molar-refractivity contribution in [3.05, 3.63) is 54.2 Å². The van der Waals surface area contributed by atoms with Crippen molar-refractivity contribution < 1.29 is 18.3 Å². The summed E-state index contributed by atoms with van der Waals surface area (Å²) in [5, 5.41) is 3.23. The Morgan fingerprint density at radius 2 is 1.76 bits per heavy atom. The number of halogens is 2. The van der Waals surface area contributed by atoms with E-state index in [2.05, 4.69) is 20.3 Å². The SMILES string of the molecule is Cc1cn2cc(Nc3ncnc4cc(N5CC(C)N(C(=O)OC(C)(C)C)[C@H](C)C5)cc(F)c34)cc(F)c2n1. The van der Waals surface area contributed by atoms with Gasteiger partial charge in [0.25, 0.3) is 0 Å². The van der Waals surface area contributed by atoms with Gasteiger partial charge >= 0.3 is 6.09 Å². The molecule has 38 heavy (non-hydrogen) atoms. The molecule has 4 heterocycles. The number of imidazole rings is 1.